The molecule has 0 unspecified atom stereocenters. The maximum Gasteiger partial charge on any atom is 0.519 e. The lowest BCUT2D eigenvalue weighted by atomic mass is 9.68. The molecule has 0 fully saturated rings. The fraction of sp³-hybridized carbons (Fsp3) is 0.245. The molecule has 3 heteroatoms. The summed E-state index contributed by atoms with van der Waals surface area (Å²) in [6, 6.07) is 53.8. The van der Waals surface area contributed by atoms with Gasteiger partial charge in [-0.15, -0.1) is 0 Å². The van der Waals surface area contributed by atoms with Gasteiger partial charge in [-0.05, 0) is 45.5 Å². The molecule has 6 aromatic carbocycles. The van der Waals surface area contributed by atoms with E-state index in [-0.39, 0.29) is 0 Å². The lowest BCUT2D eigenvalue weighted by Gasteiger charge is -2.37. The first-order valence-corrected chi connectivity index (χ1v) is 18.2. The van der Waals surface area contributed by atoms with Gasteiger partial charge in [0.2, 0.25) is 0 Å². The van der Waals surface area contributed by atoms with Gasteiger partial charge in [0, 0.05) is 32.8 Å². The van der Waals surface area contributed by atoms with E-state index in [4.69, 9.17) is 9.47 Å². The van der Waals surface area contributed by atoms with Crippen molar-refractivity contribution in [1.82, 2.24) is 0 Å². The van der Waals surface area contributed by atoms with E-state index in [1.807, 2.05) is 48.5 Å². The Bertz CT molecular complexity index is 1970. The Hall–Kier alpha value is -5.41. The molecule has 0 N–H and O–H groups in total. The molecule has 0 aromatic heterocycles. The van der Waals surface area contributed by atoms with Gasteiger partial charge in [0.15, 0.2) is 0 Å². The third kappa shape index (κ3) is 6.93. The summed E-state index contributed by atoms with van der Waals surface area (Å²) >= 11 is 0. The van der Waals surface area contributed by atoms with Crippen molar-refractivity contribution in [2.45, 2.75) is 77.0 Å². The largest absolute Gasteiger partial charge is 0.519 e. The molecule has 0 aliphatic rings. The van der Waals surface area contributed by atoms with Crippen LogP contribution in [0.4, 0.5) is 4.79 Å². The van der Waals surface area contributed by atoms with E-state index in [0.717, 1.165) is 33.4 Å². The zero-order valence-electron chi connectivity index (χ0n) is 31.7. The summed E-state index contributed by atoms with van der Waals surface area (Å²) in [5.41, 5.74) is 6.80. The fourth-order valence-electron chi connectivity index (χ4n) is 7.78. The molecule has 0 aliphatic carbocycles. The summed E-state index contributed by atoms with van der Waals surface area (Å²) in [5, 5.41) is 0. The summed E-state index contributed by atoms with van der Waals surface area (Å²) in [4.78, 5) is 14.2. The van der Waals surface area contributed by atoms with Gasteiger partial charge in [-0.3, -0.25) is 0 Å². The van der Waals surface area contributed by atoms with Crippen LogP contribution in [0.5, 0.6) is 11.5 Å². The van der Waals surface area contributed by atoms with Gasteiger partial charge in [-0.2, -0.15) is 0 Å². The number of rotatable bonds is 10. The summed E-state index contributed by atoms with van der Waals surface area (Å²) < 4.78 is 12.7. The Balaban J connectivity index is 1.47. The highest BCUT2D eigenvalue weighted by Crippen LogP contribution is 2.47. The first kappa shape index (κ1) is 36.4. The monoisotopic (exact) mass is 686 g/mol. The summed E-state index contributed by atoms with van der Waals surface area (Å²) in [7, 11) is 0. The van der Waals surface area contributed by atoms with Crippen LogP contribution in [0.1, 0.15) is 99.9 Å². The summed E-state index contributed by atoms with van der Waals surface area (Å²) in [5.74, 6) is 0.954. The van der Waals surface area contributed by atoms with E-state index < -0.39 is 27.8 Å². The molecule has 0 heterocycles. The van der Waals surface area contributed by atoms with Crippen LogP contribution in [0.15, 0.2) is 158 Å². The van der Waals surface area contributed by atoms with Crippen LogP contribution in [0.25, 0.3) is 0 Å². The highest BCUT2D eigenvalue weighted by Gasteiger charge is 2.38. The second kappa shape index (κ2) is 14.3. The molecule has 0 aliphatic heterocycles. The van der Waals surface area contributed by atoms with E-state index in [9.17, 15) is 4.79 Å². The van der Waals surface area contributed by atoms with E-state index in [1.54, 1.807) is 0 Å². The lowest BCUT2D eigenvalue weighted by Crippen LogP contribution is -2.31. The van der Waals surface area contributed by atoms with Crippen LogP contribution in [0.2, 0.25) is 0 Å². The molecular weight excluding hydrogens is 637 g/mol. The molecular formula is C49H50O3. The highest BCUT2D eigenvalue weighted by molar-refractivity contribution is 5.71. The Morgan fingerprint density at radius 3 is 0.904 bits per heavy atom. The standard InChI is InChI=1S/C49H50O3/c1-46(2,35-23-13-9-14-24-35)39-31-21-33-41(43(39)48(5,6)37-27-17-11-18-28-37)51-45(50)52-42-34-22-32-40(47(3,4)36-25-15-10-16-26-36)44(42)49(7,8)38-29-19-12-20-30-38/h9-34H,1-8H3. The van der Waals surface area contributed by atoms with Crippen LogP contribution in [0, 0.1) is 0 Å². The van der Waals surface area contributed by atoms with Crippen LogP contribution in [0.3, 0.4) is 0 Å². The van der Waals surface area contributed by atoms with Crippen LogP contribution in [-0.2, 0) is 21.7 Å². The molecule has 0 saturated carbocycles. The molecule has 0 spiro atoms. The third-order valence-electron chi connectivity index (χ3n) is 11.0. The minimum atomic E-state index is -0.778. The molecule has 0 bridgehead atoms. The number of carbonyl (C=O) groups is 1. The predicted molar refractivity (Wildman–Crippen MR) is 214 cm³/mol. The minimum Gasteiger partial charge on any atom is -0.394 e. The molecule has 0 amide bonds. The second-order valence-electron chi connectivity index (χ2n) is 15.8. The normalized spacial score (nSPS) is 12.3. The molecule has 3 nitrogen and oxygen atoms in total. The van der Waals surface area contributed by atoms with Gasteiger partial charge in [0.1, 0.15) is 11.5 Å². The van der Waals surface area contributed by atoms with Crippen molar-refractivity contribution in [2.24, 2.45) is 0 Å². The van der Waals surface area contributed by atoms with Gasteiger partial charge in [-0.1, -0.05) is 201 Å². The van der Waals surface area contributed by atoms with Crippen molar-refractivity contribution < 1.29 is 14.3 Å². The molecule has 0 radical (unpaired) electrons. The first-order valence-electron chi connectivity index (χ1n) is 18.2. The fourth-order valence-corrected chi connectivity index (χ4v) is 7.78. The maximum absolute atomic E-state index is 14.2. The van der Waals surface area contributed by atoms with E-state index in [1.165, 1.54) is 11.1 Å². The van der Waals surface area contributed by atoms with E-state index in [0.29, 0.717) is 11.5 Å². The van der Waals surface area contributed by atoms with Gasteiger partial charge in [-0.25, -0.2) is 4.79 Å². The molecule has 52 heavy (non-hydrogen) atoms. The Morgan fingerprint density at radius 2 is 0.615 bits per heavy atom. The number of carbonyl (C=O) groups excluding carboxylic acids is 1. The van der Waals surface area contributed by atoms with E-state index >= 15 is 0 Å². The zero-order valence-corrected chi connectivity index (χ0v) is 31.7. The summed E-state index contributed by atoms with van der Waals surface area (Å²) in [6.45, 7) is 17.7. The van der Waals surface area contributed by atoms with Gasteiger partial charge in [0.25, 0.3) is 0 Å². The quantitative estimate of drug-likeness (QED) is 0.106. The smallest absolute Gasteiger partial charge is 0.394 e. The number of hydrogen-bond donors (Lipinski definition) is 0. The van der Waals surface area contributed by atoms with Gasteiger partial charge in [0.05, 0.1) is 0 Å². The average molecular weight is 687 g/mol. The number of ether oxygens (including phenoxy) is 2. The van der Waals surface area contributed by atoms with Crippen LogP contribution < -0.4 is 9.47 Å². The summed E-state index contributed by atoms with van der Waals surface area (Å²) in [6.07, 6.45) is -0.778. The number of hydrogen-bond acceptors (Lipinski definition) is 3. The molecule has 0 saturated heterocycles. The number of benzene rings is 6. The molecule has 264 valence electrons. The lowest BCUT2D eigenvalue weighted by molar-refractivity contribution is 0.150. The van der Waals surface area contributed by atoms with Crippen molar-refractivity contribution in [3.63, 3.8) is 0 Å². The van der Waals surface area contributed by atoms with Crippen LogP contribution in [-0.4, -0.2) is 6.16 Å². The zero-order chi connectivity index (χ0) is 37.1. The van der Waals surface area contributed by atoms with Crippen molar-refractivity contribution in [3.8, 4) is 11.5 Å². The minimum absolute atomic E-state index is 0.393. The highest BCUT2D eigenvalue weighted by atomic mass is 16.7. The topological polar surface area (TPSA) is 35.5 Å². The van der Waals surface area contributed by atoms with Gasteiger partial charge >= 0.3 is 6.16 Å². The second-order valence-corrected chi connectivity index (χ2v) is 15.8. The van der Waals surface area contributed by atoms with Crippen molar-refractivity contribution in [1.29, 1.82) is 0 Å². The van der Waals surface area contributed by atoms with E-state index in [2.05, 4.69) is 165 Å². The first-order chi connectivity index (χ1) is 24.8. The van der Waals surface area contributed by atoms with Crippen molar-refractivity contribution in [2.75, 3.05) is 0 Å². The van der Waals surface area contributed by atoms with Gasteiger partial charge < -0.3 is 9.47 Å². The molecule has 0 atom stereocenters. The maximum atomic E-state index is 14.2. The van der Waals surface area contributed by atoms with Crippen LogP contribution >= 0.6 is 0 Å². The average Bonchev–Trinajstić information content (AvgIpc) is 3.16. The third-order valence-corrected chi connectivity index (χ3v) is 11.0. The Labute approximate surface area is 310 Å². The SMILES string of the molecule is CC(C)(c1ccccc1)c1cccc(OC(=O)Oc2cccc(C(C)(C)c3ccccc3)c2C(C)(C)c2ccccc2)c1C(C)(C)c1ccccc1. The Morgan fingerprint density at radius 1 is 0.346 bits per heavy atom. The Kier molecular flexibility index (Phi) is 10.0. The molecule has 6 aromatic rings. The molecule has 6 rings (SSSR count). The van der Waals surface area contributed by atoms with Crippen molar-refractivity contribution in [3.05, 3.63) is 202 Å². The predicted octanol–water partition coefficient (Wildman–Crippen LogP) is 12.6. The van der Waals surface area contributed by atoms with Crippen molar-refractivity contribution >= 4 is 6.16 Å².